The first-order valence-corrected chi connectivity index (χ1v) is 12.9. The number of para-hydroxylation sites is 1. The minimum Gasteiger partial charge on any atom is -0.502 e. The van der Waals surface area contributed by atoms with Crippen LogP contribution in [0.25, 0.3) is 0 Å². The second kappa shape index (κ2) is 12.5. The highest BCUT2D eigenvalue weighted by atomic mass is 32.1. The maximum atomic E-state index is 13.5. The SMILES string of the molecule is CC[C@@H](N/C(C=O)=C(\[NH2+]c1cccc(C(=O)N(C)C)c1O)C(=O)NC1CCCCC1)c1cccs1. The van der Waals surface area contributed by atoms with Crippen molar-refractivity contribution in [3.63, 3.8) is 0 Å². The summed E-state index contributed by atoms with van der Waals surface area (Å²) >= 11 is 1.58. The third kappa shape index (κ3) is 6.70. The molecule has 2 aromatic rings. The van der Waals surface area contributed by atoms with E-state index in [2.05, 4.69) is 10.6 Å². The molecule has 1 aromatic heterocycles. The van der Waals surface area contributed by atoms with E-state index in [4.69, 9.17) is 0 Å². The van der Waals surface area contributed by atoms with Gasteiger partial charge in [-0.1, -0.05) is 38.3 Å². The van der Waals surface area contributed by atoms with Crippen molar-refractivity contribution in [1.82, 2.24) is 15.5 Å². The van der Waals surface area contributed by atoms with E-state index in [1.54, 1.807) is 37.6 Å². The number of phenolic OH excluding ortho intramolecular Hbond substituents is 1. The molecule has 3 rings (SSSR count). The third-order valence-electron chi connectivity index (χ3n) is 6.22. The van der Waals surface area contributed by atoms with Gasteiger partial charge >= 0.3 is 5.91 Å². The van der Waals surface area contributed by atoms with Gasteiger partial charge in [0.25, 0.3) is 5.91 Å². The zero-order valence-corrected chi connectivity index (χ0v) is 21.4. The predicted molar refractivity (Wildman–Crippen MR) is 136 cm³/mol. The van der Waals surface area contributed by atoms with E-state index in [1.165, 1.54) is 16.3 Å². The number of carbonyl (C=O) groups is 3. The first-order valence-electron chi connectivity index (χ1n) is 12.0. The van der Waals surface area contributed by atoms with Crippen LogP contribution in [0.4, 0.5) is 5.69 Å². The quantitative estimate of drug-likeness (QED) is 0.174. The van der Waals surface area contributed by atoms with Crippen LogP contribution in [0.15, 0.2) is 47.1 Å². The lowest BCUT2D eigenvalue weighted by atomic mass is 9.95. The van der Waals surface area contributed by atoms with Crippen molar-refractivity contribution in [2.75, 3.05) is 14.1 Å². The minimum atomic E-state index is -0.378. The van der Waals surface area contributed by atoms with Crippen LogP contribution < -0.4 is 16.0 Å². The van der Waals surface area contributed by atoms with Gasteiger partial charge in [-0.05, 0) is 36.8 Å². The number of quaternary nitrogens is 1. The third-order valence-corrected chi connectivity index (χ3v) is 7.21. The molecular weight excluding hydrogens is 464 g/mol. The van der Waals surface area contributed by atoms with E-state index >= 15 is 0 Å². The van der Waals surface area contributed by atoms with Gasteiger partial charge in [-0.25, -0.2) is 0 Å². The van der Waals surface area contributed by atoms with Crippen LogP contribution >= 0.6 is 11.3 Å². The number of thiophene rings is 1. The Morgan fingerprint density at radius 3 is 2.54 bits per heavy atom. The van der Waals surface area contributed by atoms with Gasteiger partial charge < -0.3 is 20.6 Å². The van der Waals surface area contributed by atoms with Crippen molar-refractivity contribution in [1.29, 1.82) is 0 Å². The largest absolute Gasteiger partial charge is 0.502 e. The minimum absolute atomic E-state index is 0.0436. The number of nitrogens with two attached hydrogens (primary N) is 1. The molecule has 0 aliphatic heterocycles. The second-order valence-electron chi connectivity index (χ2n) is 8.96. The Hall–Kier alpha value is -3.17. The maximum Gasteiger partial charge on any atom is 0.308 e. The van der Waals surface area contributed by atoms with Crippen LogP contribution in [0.5, 0.6) is 5.75 Å². The lowest BCUT2D eigenvalue weighted by molar-refractivity contribution is -0.513. The van der Waals surface area contributed by atoms with Gasteiger partial charge in [-0.2, -0.15) is 0 Å². The zero-order valence-electron chi connectivity index (χ0n) is 20.5. The number of allylic oxidation sites excluding steroid dienone is 1. The lowest BCUT2D eigenvalue weighted by Crippen LogP contribution is -2.79. The van der Waals surface area contributed by atoms with Crippen molar-refractivity contribution in [2.45, 2.75) is 57.5 Å². The molecule has 188 valence electrons. The number of nitrogens with one attached hydrogen (secondary N) is 2. The predicted octanol–water partition coefficient (Wildman–Crippen LogP) is 2.95. The van der Waals surface area contributed by atoms with Crippen LogP contribution in [0.2, 0.25) is 0 Å². The number of aldehydes is 1. The zero-order chi connectivity index (χ0) is 25.4. The van der Waals surface area contributed by atoms with Gasteiger partial charge in [0.05, 0.1) is 11.6 Å². The number of carbonyl (C=O) groups excluding carboxylic acids is 3. The van der Waals surface area contributed by atoms with Gasteiger partial charge in [0.1, 0.15) is 5.70 Å². The van der Waals surface area contributed by atoms with Crippen LogP contribution in [0, 0.1) is 0 Å². The standard InChI is InChI=1S/C26H34N4O4S/c1-4-19(22-14-9-15-35-22)28-21(16-31)23(25(33)27-17-10-6-5-7-11-17)29-20-13-8-12-18(24(20)32)26(34)30(2)3/h8-9,12-17,19,28-29,32H,4-7,10-11H2,1-3H3,(H,27,33)/p+1/b23-21-/t19-/m1/s1. The van der Waals surface area contributed by atoms with E-state index in [0.717, 1.165) is 37.0 Å². The number of rotatable bonds is 10. The number of hydrogen-bond acceptors (Lipinski definition) is 6. The van der Waals surface area contributed by atoms with E-state index in [0.29, 0.717) is 12.7 Å². The van der Waals surface area contributed by atoms with Gasteiger partial charge in [-0.3, -0.25) is 19.7 Å². The van der Waals surface area contributed by atoms with Crippen molar-refractivity contribution >= 4 is 35.1 Å². The summed E-state index contributed by atoms with van der Waals surface area (Å²) < 4.78 is 0. The Morgan fingerprint density at radius 2 is 1.94 bits per heavy atom. The van der Waals surface area contributed by atoms with E-state index in [-0.39, 0.29) is 52.3 Å². The molecule has 0 spiro atoms. The van der Waals surface area contributed by atoms with Gasteiger partial charge in [0.2, 0.25) is 5.70 Å². The Balaban J connectivity index is 1.98. The molecule has 0 bridgehead atoms. The average molecular weight is 500 g/mol. The molecule has 1 saturated carbocycles. The number of nitrogens with zero attached hydrogens (tertiary/aromatic N) is 1. The molecule has 1 heterocycles. The fourth-order valence-electron chi connectivity index (χ4n) is 4.25. The fraction of sp³-hybridized carbons (Fsp3) is 0.423. The highest BCUT2D eigenvalue weighted by Crippen LogP contribution is 2.26. The molecule has 1 atom stereocenters. The smallest absolute Gasteiger partial charge is 0.308 e. The number of benzene rings is 1. The van der Waals surface area contributed by atoms with Gasteiger partial charge in [0.15, 0.2) is 17.7 Å². The van der Waals surface area contributed by atoms with E-state index < -0.39 is 0 Å². The topological polar surface area (TPSA) is 115 Å². The maximum absolute atomic E-state index is 13.5. The Kier molecular flexibility index (Phi) is 9.45. The molecule has 1 fully saturated rings. The lowest BCUT2D eigenvalue weighted by Gasteiger charge is -2.24. The summed E-state index contributed by atoms with van der Waals surface area (Å²) in [4.78, 5) is 40.6. The molecule has 9 heteroatoms. The van der Waals surface area contributed by atoms with Gasteiger partial charge in [0, 0.05) is 31.1 Å². The van der Waals surface area contributed by atoms with E-state index in [9.17, 15) is 19.5 Å². The van der Waals surface area contributed by atoms with Crippen molar-refractivity contribution in [3.8, 4) is 5.75 Å². The normalized spacial score (nSPS) is 15.6. The summed E-state index contributed by atoms with van der Waals surface area (Å²) in [5, 5.41) is 20.6. The molecule has 8 nitrogen and oxygen atoms in total. The molecule has 1 aliphatic carbocycles. The summed E-state index contributed by atoms with van der Waals surface area (Å²) in [7, 11) is 3.20. The van der Waals surface area contributed by atoms with Crippen LogP contribution in [-0.2, 0) is 9.59 Å². The monoisotopic (exact) mass is 499 g/mol. The van der Waals surface area contributed by atoms with Crippen LogP contribution in [0.3, 0.4) is 0 Å². The van der Waals surface area contributed by atoms with Crippen molar-refractivity contribution in [3.05, 3.63) is 57.5 Å². The summed E-state index contributed by atoms with van der Waals surface area (Å²) in [6, 6.07) is 8.63. The Morgan fingerprint density at radius 1 is 1.20 bits per heavy atom. The molecule has 35 heavy (non-hydrogen) atoms. The highest BCUT2D eigenvalue weighted by molar-refractivity contribution is 7.10. The van der Waals surface area contributed by atoms with Crippen molar-refractivity contribution < 1.29 is 24.8 Å². The molecule has 1 aliphatic rings. The second-order valence-corrected chi connectivity index (χ2v) is 9.94. The molecule has 2 amide bonds. The van der Waals surface area contributed by atoms with E-state index in [1.807, 2.05) is 24.4 Å². The molecular formula is C26H35N4O4S+. The molecule has 5 N–H and O–H groups in total. The number of amides is 2. The fourth-order valence-corrected chi connectivity index (χ4v) is 5.11. The average Bonchev–Trinajstić information content (AvgIpc) is 3.39. The Labute approximate surface area is 210 Å². The summed E-state index contributed by atoms with van der Waals surface area (Å²) in [6.07, 6.45) is 6.42. The van der Waals surface area contributed by atoms with Crippen LogP contribution in [-0.4, -0.2) is 48.2 Å². The first kappa shape index (κ1) is 26.4. The molecule has 1 aromatic carbocycles. The first-order chi connectivity index (χ1) is 16.8. The number of aromatic hydroxyl groups is 1. The molecule has 0 radical (unpaired) electrons. The Bertz CT molecular complexity index is 1060. The molecule has 0 unspecified atom stereocenters. The molecule has 0 saturated heterocycles. The summed E-state index contributed by atoms with van der Waals surface area (Å²) in [5.41, 5.74) is 0.686. The summed E-state index contributed by atoms with van der Waals surface area (Å²) in [5.74, 6) is -0.964. The van der Waals surface area contributed by atoms with Crippen molar-refractivity contribution in [2.24, 2.45) is 0 Å². The van der Waals surface area contributed by atoms with Crippen LogP contribution in [0.1, 0.15) is 66.7 Å². The number of phenols is 1. The number of hydrogen-bond donors (Lipinski definition) is 4. The highest BCUT2D eigenvalue weighted by Gasteiger charge is 2.28. The summed E-state index contributed by atoms with van der Waals surface area (Å²) in [6.45, 7) is 2.01. The van der Waals surface area contributed by atoms with Gasteiger partial charge in [-0.15, -0.1) is 11.3 Å².